The Morgan fingerprint density at radius 1 is 1.00 bits per heavy atom. The molecule has 0 saturated heterocycles. The van der Waals surface area contributed by atoms with E-state index in [2.05, 4.69) is 4.98 Å². The largest absolute Gasteiger partial charge is 0.361 e. The lowest BCUT2D eigenvalue weighted by atomic mass is 9.97. The Morgan fingerprint density at radius 2 is 1.79 bits per heavy atom. The number of aromatic amines is 1. The van der Waals surface area contributed by atoms with Gasteiger partial charge in [-0.3, -0.25) is 4.79 Å². The van der Waals surface area contributed by atoms with Crippen LogP contribution in [0.5, 0.6) is 0 Å². The molecular weight excluding hydrogens is 236 g/mol. The number of hydrogen-bond donors (Lipinski definition) is 2. The van der Waals surface area contributed by atoms with Crippen molar-refractivity contribution in [3.8, 4) is 0 Å². The molecule has 1 heterocycles. The number of carbonyl (C=O) groups excluding carboxylic acids is 1. The van der Waals surface area contributed by atoms with Crippen LogP contribution in [0.4, 0.5) is 0 Å². The summed E-state index contributed by atoms with van der Waals surface area (Å²) in [6.45, 7) is 0. The maximum absolute atomic E-state index is 12.5. The van der Waals surface area contributed by atoms with Gasteiger partial charge in [0, 0.05) is 17.1 Å². The molecule has 0 aliphatic carbocycles. The Bertz CT molecular complexity index is 716. The predicted molar refractivity (Wildman–Crippen MR) is 76.0 cm³/mol. The number of rotatable bonds is 3. The van der Waals surface area contributed by atoms with Crippen molar-refractivity contribution in [2.45, 2.75) is 6.04 Å². The molecule has 0 bridgehead atoms. The number of benzene rings is 2. The second-order valence-corrected chi connectivity index (χ2v) is 4.50. The monoisotopic (exact) mass is 250 g/mol. The van der Waals surface area contributed by atoms with Crippen LogP contribution in [-0.4, -0.2) is 10.8 Å². The van der Waals surface area contributed by atoms with E-state index in [1.165, 1.54) is 0 Å². The molecule has 0 amide bonds. The molecule has 3 heteroatoms. The van der Waals surface area contributed by atoms with Crippen LogP contribution in [0.3, 0.4) is 0 Å². The molecule has 1 atom stereocenters. The van der Waals surface area contributed by atoms with Gasteiger partial charge in [0.05, 0.1) is 11.6 Å². The molecule has 0 spiro atoms. The highest BCUT2D eigenvalue weighted by atomic mass is 16.1. The minimum atomic E-state index is -0.630. The predicted octanol–water partition coefficient (Wildman–Crippen LogP) is 3.05. The molecule has 19 heavy (non-hydrogen) atoms. The van der Waals surface area contributed by atoms with Gasteiger partial charge in [0.1, 0.15) is 0 Å². The first-order valence-corrected chi connectivity index (χ1v) is 6.18. The van der Waals surface area contributed by atoms with Crippen molar-refractivity contribution >= 4 is 16.7 Å². The third-order valence-corrected chi connectivity index (χ3v) is 3.29. The molecule has 3 nitrogen and oxygen atoms in total. The summed E-state index contributed by atoms with van der Waals surface area (Å²) in [7, 11) is 0. The van der Waals surface area contributed by atoms with Crippen LogP contribution < -0.4 is 5.73 Å². The molecule has 3 aromatic rings. The number of hydrogen-bond acceptors (Lipinski definition) is 2. The van der Waals surface area contributed by atoms with Crippen LogP contribution in [0.15, 0.2) is 60.8 Å². The molecule has 2 aromatic carbocycles. The summed E-state index contributed by atoms with van der Waals surface area (Å²) in [6.07, 6.45) is 1.83. The van der Waals surface area contributed by atoms with Crippen LogP contribution in [0.1, 0.15) is 22.0 Å². The topological polar surface area (TPSA) is 58.9 Å². The van der Waals surface area contributed by atoms with Crippen molar-refractivity contribution < 1.29 is 4.79 Å². The van der Waals surface area contributed by atoms with Gasteiger partial charge in [0.2, 0.25) is 0 Å². The minimum absolute atomic E-state index is 0.0701. The van der Waals surface area contributed by atoms with Crippen molar-refractivity contribution in [3.05, 3.63) is 71.9 Å². The molecule has 1 aromatic heterocycles. The Kier molecular flexibility index (Phi) is 2.89. The van der Waals surface area contributed by atoms with Gasteiger partial charge in [-0.2, -0.15) is 0 Å². The lowest BCUT2D eigenvalue weighted by molar-refractivity contribution is 0.0963. The van der Waals surface area contributed by atoms with Crippen LogP contribution >= 0.6 is 0 Å². The summed E-state index contributed by atoms with van der Waals surface area (Å²) in [5, 5.41) is 1.02. The van der Waals surface area contributed by atoms with Crippen molar-refractivity contribution in [2.24, 2.45) is 5.73 Å². The fourth-order valence-corrected chi connectivity index (χ4v) is 2.27. The lowest BCUT2D eigenvalue weighted by Crippen LogP contribution is -2.21. The van der Waals surface area contributed by atoms with E-state index in [-0.39, 0.29) is 5.78 Å². The number of carbonyl (C=O) groups is 1. The average molecular weight is 250 g/mol. The molecule has 3 N–H and O–H groups in total. The van der Waals surface area contributed by atoms with Crippen LogP contribution in [-0.2, 0) is 0 Å². The van der Waals surface area contributed by atoms with Gasteiger partial charge in [-0.25, -0.2) is 0 Å². The molecule has 0 aliphatic rings. The summed E-state index contributed by atoms with van der Waals surface area (Å²) in [5.74, 6) is -0.0701. The quantitative estimate of drug-likeness (QED) is 0.702. The zero-order valence-corrected chi connectivity index (χ0v) is 10.3. The van der Waals surface area contributed by atoms with Crippen LogP contribution in [0.25, 0.3) is 10.9 Å². The number of Topliss-reactive ketones (excluding diaryl/α,β-unsaturated/α-hetero) is 1. The Balaban J connectivity index is 2.02. The molecule has 0 saturated carbocycles. The average Bonchev–Trinajstić information content (AvgIpc) is 2.95. The van der Waals surface area contributed by atoms with Gasteiger partial charge in [-0.15, -0.1) is 0 Å². The molecule has 1 unspecified atom stereocenters. The van der Waals surface area contributed by atoms with Gasteiger partial charge >= 0.3 is 0 Å². The van der Waals surface area contributed by atoms with E-state index in [1.54, 1.807) is 0 Å². The second kappa shape index (κ2) is 4.71. The highest BCUT2D eigenvalue weighted by Gasteiger charge is 2.19. The Morgan fingerprint density at radius 3 is 2.58 bits per heavy atom. The molecule has 94 valence electrons. The smallest absolute Gasteiger partial charge is 0.186 e. The summed E-state index contributed by atoms with van der Waals surface area (Å²) in [6, 6.07) is 16.4. The summed E-state index contributed by atoms with van der Waals surface area (Å²) in [5.41, 5.74) is 8.38. The third-order valence-electron chi connectivity index (χ3n) is 3.29. The molecular formula is C16H14N2O. The number of H-pyrrole nitrogens is 1. The fourth-order valence-electron chi connectivity index (χ4n) is 2.27. The maximum atomic E-state index is 12.5. The van der Waals surface area contributed by atoms with Gasteiger partial charge in [0.25, 0.3) is 0 Å². The number of nitrogens with two attached hydrogens (primary N) is 1. The Labute approximate surface area is 111 Å². The lowest BCUT2D eigenvalue weighted by Gasteiger charge is -2.11. The molecule has 3 rings (SSSR count). The van der Waals surface area contributed by atoms with Gasteiger partial charge in [0.15, 0.2) is 5.78 Å². The molecule has 0 fully saturated rings. The fraction of sp³-hybridized carbons (Fsp3) is 0.0625. The van der Waals surface area contributed by atoms with Crippen molar-refractivity contribution in [1.82, 2.24) is 4.98 Å². The van der Waals surface area contributed by atoms with E-state index >= 15 is 0 Å². The summed E-state index contributed by atoms with van der Waals surface area (Å²) < 4.78 is 0. The highest BCUT2D eigenvalue weighted by molar-refractivity contribution is 6.09. The second-order valence-electron chi connectivity index (χ2n) is 4.50. The van der Waals surface area contributed by atoms with E-state index < -0.39 is 6.04 Å². The number of para-hydroxylation sites is 1. The summed E-state index contributed by atoms with van der Waals surface area (Å²) in [4.78, 5) is 15.6. The first kappa shape index (κ1) is 11.7. The van der Waals surface area contributed by atoms with Crippen LogP contribution in [0.2, 0.25) is 0 Å². The standard InChI is InChI=1S/C16H14N2O/c17-14(11-5-2-1-3-6-11)16(19)13-8-4-7-12-9-10-18-15(12)13/h1-10,14,18H,17H2. The van der Waals surface area contributed by atoms with E-state index in [0.717, 1.165) is 16.5 Å². The first-order chi connectivity index (χ1) is 9.27. The minimum Gasteiger partial charge on any atom is -0.361 e. The highest BCUT2D eigenvalue weighted by Crippen LogP contribution is 2.22. The van der Waals surface area contributed by atoms with E-state index in [4.69, 9.17) is 5.73 Å². The van der Waals surface area contributed by atoms with Crippen LogP contribution in [0, 0.1) is 0 Å². The maximum Gasteiger partial charge on any atom is 0.186 e. The van der Waals surface area contributed by atoms with Crippen molar-refractivity contribution in [2.75, 3.05) is 0 Å². The third kappa shape index (κ3) is 2.04. The van der Waals surface area contributed by atoms with Gasteiger partial charge in [-0.05, 0) is 17.7 Å². The number of fused-ring (bicyclic) bond motifs is 1. The van der Waals surface area contributed by atoms with E-state index in [1.807, 2.05) is 60.8 Å². The Hall–Kier alpha value is -2.39. The molecule has 0 aliphatic heterocycles. The van der Waals surface area contributed by atoms with E-state index in [9.17, 15) is 4.79 Å². The first-order valence-electron chi connectivity index (χ1n) is 6.18. The number of aromatic nitrogens is 1. The zero-order valence-electron chi connectivity index (χ0n) is 10.3. The summed E-state index contributed by atoms with van der Waals surface area (Å²) >= 11 is 0. The molecule has 0 radical (unpaired) electrons. The number of nitrogens with one attached hydrogen (secondary N) is 1. The SMILES string of the molecule is NC(C(=O)c1cccc2cc[nH]c12)c1ccccc1. The van der Waals surface area contributed by atoms with E-state index in [0.29, 0.717) is 5.56 Å². The number of ketones is 1. The van der Waals surface area contributed by atoms with Gasteiger partial charge in [-0.1, -0.05) is 42.5 Å². The normalized spacial score (nSPS) is 12.5. The van der Waals surface area contributed by atoms with Gasteiger partial charge < -0.3 is 10.7 Å². The van der Waals surface area contributed by atoms with Crippen molar-refractivity contribution in [3.63, 3.8) is 0 Å². The van der Waals surface area contributed by atoms with Crippen molar-refractivity contribution in [1.29, 1.82) is 0 Å². The zero-order chi connectivity index (χ0) is 13.2.